The third-order valence-corrected chi connectivity index (χ3v) is 5.72. The Bertz CT molecular complexity index is 1280. The molecule has 35 heavy (non-hydrogen) atoms. The van der Waals surface area contributed by atoms with E-state index in [9.17, 15) is 14.7 Å². The Morgan fingerprint density at radius 3 is 2.34 bits per heavy atom. The zero-order valence-corrected chi connectivity index (χ0v) is 20.3. The highest BCUT2D eigenvalue weighted by atomic mass is 16.5. The Balaban J connectivity index is 1.92. The van der Waals surface area contributed by atoms with Crippen molar-refractivity contribution in [3.05, 3.63) is 95.1 Å². The van der Waals surface area contributed by atoms with Crippen LogP contribution in [0.25, 0.3) is 5.76 Å². The van der Waals surface area contributed by atoms with E-state index in [-0.39, 0.29) is 17.4 Å². The van der Waals surface area contributed by atoms with Crippen molar-refractivity contribution in [2.45, 2.75) is 39.8 Å². The van der Waals surface area contributed by atoms with Gasteiger partial charge >= 0.3 is 0 Å². The summed E-state index contributed by atoms with van der Waals surface area (Å²) < 4.78 is 11.5. The number of aryl methyl sites for hydroxylation is 1. The van der Waals surface area contributed by atoms with Crippen LogP contribution in [-0.4, -0.2) is 29.5 Å². The number of Topliss-reactive ketones (excluding diaryl/α,β-unsaturated/α-hetero) is 1. The van der Waals surface area contributed by atoms with Gasteiger partial charge in [-0.15, -0.1) is 0 Å². The molecule has 0 bridgehead atoms. The molecule has 0 aliphatic carbocycles. The van der Waals surface area contributed by atoms with Gasteiger partial charge in [0.05, 0.1) is 24.3 Å². The van der Waals surface area contributed by atoms with Gasteiger partial charge in [0.2, 0.25) is 0 Å². The monoisotopic (exact) mass is 471 g/mol. The molecule has 180 valence electrons. The number of amides is 1. The van der Waals surface area contributed by atoms with E-state index in [0.717, 1.165) is 5.56 Å². The maximum Gasteiger partial charge on any atom is 0.300 e. The molecule has 1 aliphatic heterocycles. The summed E-state index contributed by atoms with van der Waals surface area (Å²) in [5.74, 6) is -0.480. The van der Waals surface area contributed by atoms with E-state index in [0.29, 0.717) is 34.9 Å². The lowest BCUT2D eigenvalue weighted by Crippen LogP contribution is -2.29. The molecular weight excluding hydrogens is 442 g/mol. The zero-order valence-electron chi connectivity index (χ0n) is 20.3. The maximum absolute atomic E-state index is 13.4. The van der Waals surface area contributed by atoms with Crippen molar-refractivity contribution in [1.29, 1.82) is 0 Å². The Morgan fingerprint density at radius 1 is 0.971 bits per heavy atom. The number of aliphatic hydroxyl groups is 1. The van der Waals surface area contributed by atoms with Crippen LogP contribution in [0.5, 0.6) is 11.5 Å². The highest BCUT2D eigenvalue weighted by molar-refractivity contribution is 6.51. The number of rotatable bonds is 7. The Kier molecular flexibility index (Phi) is 6.92. The fourth-order valence-corrected chi connectivity index (χ4v) is 4.20. The summed E-state index contributed by atoms with van der Waals surface area (Å²) in [6.45, 7) is 8.13. The van der Waals surface area contributed by atoms with E-state index in [2.05, 4.69) is 0 Å². The molecule has 3 aromatic carbocycles. The van der Waals surface area contributed by atoms with Crippen LogP contribution >= 0.6 is 0 Å². The van der Waals surface area contributed by atoms with Gasteiger partial charge in [-0.25, -0.2) is 0 Å². The second-order valence-corrected chi connectivity index (χ2v) is 8.70. The topological polar surface area (TPSA) is 76.1 Å². The van der Waals surface area contributed by atoms with Crippen LogP contribution in [0, 0.1) is 6.92 Å². The smallest absolute Gasteiger partial charge is 0.300 e. The van der Waals surface area contributed by atoms with E-state index in [1.54, 1.807) is 42.5 Å². The van der Waals surface area contributed by atoms with E-state index in [1.165, 1.54) is 4.90 Å². The van der Waals surface area contributed by atoms with Crippen LogP contribution in [0.3, 0.4) is 0 Å². The van der Waals surface area contributed by atoms with Gasteiger partial charge in [0.1, 0.15) is 17.3 Å². The average molecular weight is 472 g/mol. The van der Waals surface area contributed by atoms with Crippen LogP contribution in [0.4, 0.5) is 5.69 Å². The first kappa shape index (κ1) is 24.1. The minimum absolute atomic E-state index is 0.0300. The van der Waals surface area contributed by atoms with Gasteiger partial charge in [-0.2, -0.15) is 0 Å². The lowest BCUT2D eigenvalue weighted by Gasteiger charge is -2.26. The molecule has 1 amide bonds. The van der Waals surface area contributed by atoms with Gasteiger partial charge < -0.3 is 14.6 Å². The number of carbonyl (C=O) groups is 2. The predicted molar refractivity (Wildman–Crippen MR) is 136 cm³/mol. The first-order valence-electron chi connectivity index (χ1n) is 11.7. The quantitative estimate of drug-likeness (QED) is 0.267. The van der Waals surface area contributed by atoms with Gasteiger partial charge in [-0.1, -0.05) is 48.0 Å². The molecule has 3 aromatic rings. The van der Waals surface area contributed by atoms with Crippen molar-refractivity contribution in [2.75, 3.05) is 11.5 Å². The second-order valence-electron chi connectivity index (χ2n) is 8.70. The van der Waals surface area contributed by atoms with E-state index < -0.39 is 17.7 Å². The molecule has 1 saturated heterocycles. The summed E-state index contributed by atoms with van der Waals surface area (Å²) in [5, 5.41) is 11.3. The van der Waals surface area contributed by atoms with Crippen molar-refractivity contribution in [3.8, 4) is 11.5 Å². The number of anilines is 1. The highest BCUT2D eigenvalue weighted by Gasteiger charge is 2.47. The van der Waals surface area contributed by atoms with Crippen molar-refractivity contribution >= 4 is 23.1 Å². The summed E-state index contributed by atoms with van der Waals surface area (Å²) in [4.78, 5) is 28.2. The van der Waals surface area contributed by atoms with Gasteiger partial charge in [-0.3, -0.25) is 14.5 Å². The lowest BCUT2D eigenvalue weighted by atomic mass is 9.94. The molecule has 6 nitrogen and oxygen atoms in total. The van der Waals surface area contributed by atoms with Gasteiger partial charge in [0.15, 0.2) is 0 Å². The molecule has 1 N–H and O–H groups in total. The molecule has 1 atom stereocenters. The largest absolute Gasteiger partial charge is 0.507 e. The third-order valence-electron chi connectivity index (χ3n) is 5.72. The second kappa shape index (κ2) is 10.1. The number of hydrogen-bond donors (Lipinski definition) is 1. The molecular formula is C29H29NO5. The summed E-state index contributed by atoms with van der Waals surface area (Å²) in [6.07, 6.45) is -0.0490. The summed E-state index contributed by atoms with van der Waals surface area (Å²) >= 11 is 0. The minimum atomic E-state index is -0.844. The van der Waals surface area contributed by atoms with Crippen LogP contribution in [0.15, 0.2) is 78.4 Å². The van der Waals surface area contributed by atoms with Crippen molar-refractivity contribution < 1.29 is 24.2 Å². The minimum Gasteiger partial charge on any atom is -0.507 e. The van der Waals surface area contributed by atoms with Gasteiger partial charge in [0.25, 0.3) is 11.7 Å². The van der Waals surface area contributed by atoms with E-state index in [4.69, 9.17) is 9.47 Å². The van der Waals surface area contributed by atoms with Crippen LogP contribution < -0.4 is 14.4 Å². The van der Waals surface area contributed by atoms with E-state index in [1.807, 2.05) is 58.0 Å². The molecule has 0 saturated carbocycles. The fourth-order valence-electron chi connectivity index (χ4n) is 4.20. The summed E-state index contributed by atoms with van der Waals surface area (Å²) in [5.41, 5.74) is 2.67. The van der Waals surface area contributed by atoms with Crippen LogP contribution in [-0.2, 0) is 9.59 Å². The summed E-state index contributed by atoms with van der Waals surface area (Å²) in [7, 11) is 0. The Morgan fingerprint density at radius 2 is 1.66 bits per heavy atom. The Hall–Kier alpha value is -4.06. The number of carbonyl (C=O) groups excluding carboxylic acids is 2. The van der Waals surface area contributed by atoms with Crippen molar-refractivity contribution in [2.24, 2.45) is 0 Å². The van der Waals surface area contributed by atoms with Crippen LogP contribution in [0.1, 0.15) is 43.5 Å². The number of ketones is 1. The average Bonchev–Trinajstić information content (AvgIpc) is 3.10. The third kappa shape index (κ3) is 4.92. The standard InChI is InChI=1S/C29H29NO5/c1-5-34-23-10-7-9-22(17-23)30-26(21-8-6-11-24(16-21)35-18(2)3)25(28(32)29(30)33)27(31)20-14-12-19(4)13-15-20/h6-18,26,31H,5H2,1-4H3/b27-25+. The number of aliphatic hydroxyl groups excluding tert-OH is 1. The van der Waals surface area contributed by atoms with Gasteiger partial charge in [-0.05, 0) is 57.5 Å². The number of hydrogen-bond acceptors (Lipinski definition) is 5. The van der Waals surface area contributed by atoms with Crippen molar-refractivity contribution in [3.63, 3.8) is 0 Å². The SMILES string of the molecule is CCOc1cccc(N2C(=O)C(=O)/C(=C(/O)c3ccc(C)cc3)C2c2cccc(OC(C)C)c2)c1. The highest BCUT2D eigenvalue weighted by Crippen LogP contribution is 2.43. The maximum atomic E-state index is 13.4. The van der Waals surface area contributed by atoms with E-state index >= 15 is 0 Å². The molecule has 6 heteroatoms. The molecule has 0 aromatic heterocycles. The first-order valence-corrected chi connectivity index (χ1v) is 11.7. The summed E-state index contributed by atoms with van der Waals surface area (Å²) in [6, 6.07) is 20.6. The molecule has 1 aliphatic rings. The predicted octanol–water partition coefficient (Wildman–Crippen LogP) is 5.81. The molecule has 0 spiro atoms. The zero-order chi connectivity index (χ0) is 25.1. The normalized spacial score (nSPS) is 17.2. The molecule has 1 heterocycles. The molecule has 4 rings (SSSR count). The number of benzene rings is 3. The molecule has 1 unspecified atom stereocenters. The lowest BCUT2D eigenvalue weighted by molar-refractivity contribution is -0.132. The number of ether oxygens (including phenoxy) is 2. The molecule has 0 radical (unpaired) electrons. The van der Waals surface area contributed by atoms with Crippen molar-refractivity contribution in [1.82, 2.24) is 0 Å². The molecule has 1 fully saturated rings. The number of nitrogens with zero attached hydrogens (tertiary/aromatic N) is 1. The fraction of sp³-hybridized carbons (Fsp3) is 0.241. The first-order chi connectivity index (χ1) is 16.8. The van der Waals surface area contributed by atoms with Gasteiger partial charge in [0, 0.05) is 17.3 Å². The Labute approximate surface area is 205 Å². The van der Waals surface area contributed by atoms with Crippen LogP contribution in [0.2, 0.25) is 0 Å².